The second-order valence-corrected chi connectivity index (χ2v) is 6.22. The summed E-state index contributed by atoms with van der Waals surface area (Å²) in [4.78, 5) is 0. The van der Waals surface area contributed by atoms with Crippen molar-refractivity contribution < 1.29 is 9.84 Å². The Balaban J connectivity index is 1.85. The topological polar surface area (TPSA) is 41.5 Å². The van der Waals surface area contributed by atoms with Gasteiger partial charge >= 0.3 is 0 Å². The zero-order valence-electron chi connectivity index (χ0n) is 11.7. The fraction of sp³-hybridized carbons (Fsp3) is 0.600. The number of phenolic OH excluding ortho intramolecular Hbond substituents is 1. The van der Waals surface area contributed by atoms with Crippen molar-refractivity contribution in [1.82, 2.24) is 5.32 Å². The van der Waals surface area contributed by atoms with Gasteiger partial charge in [0.25, 0.3) is 0 Å². The molecule has 1 fully saturated rings. The molecule has 0 atom stereocenters. The molecule has 19 heavy (non-hydrogen) atoms. The molecule has 0 unspecified atom stereocenters. The SMILES string of the molecule is COc1ccc(O)c(CNC2CCC(SC)CC2)c1. The number of hydrogen-bond donors (Lipinski definition) is 2. The smallest absolute Gasteiger partial charge is 0.120 e. The molecule has 2 N–H and O–H groups in total. The van der Waals surface area contributed by atoms with Gasteiger partial charge in [0.1, 0.15) is 11.5 Å². The standard InChI is InChI=1S/C15H23NO2S/c1-18-13-5-8-15(17)11(9-13)10-16-12-3-6-14(19-2)7-4-12/h5,8-9,12,14,16-17H,3-4,6-7,10H2,1-2H3. The van der Waals surface area contributed by atoms with Gasteiger partial charge in [-0.05, 0) is 50.1 Å². The summed E-state index contributed by atoms with van der Waals surface area (Å²) in [7, 11) is 1.65. The Morgan fingerprint density at radius 2 is 2.05 bits per heavy atom. The average molecular weight is 281 g/mol. The Labute approximate surface area is 119 Å². The summed E-state index contributed by atoms with van der Waals surface area (Å²) in [6, 6.07) is 5.95. The summed E-state index contributed by atoms with van der Waals surface area (Å²) in [5.74, 6) is 1.13. The molecule has 0 aromatic heterocycles. The fourth-order valence-electron chi connectivity index (χ4n) is 2.59. The second-order valence-electron chi connectivity index (χ2n) is 5.08. The van der Waals surface area contributed by atoms with Gasteiger partial charge in [0.05, 0.1) is 7.11 Å². The Morgan fingerprint density at radius 3 is 2.68 bits per heavy atom. The monoisotopic (exact) mass is 281 g/mol. The first-order valence-electron chi connectivity index (χ1n) is 6.85. The number of hydrogen-bond acceptors (Lipinski definition) is 4. The highest BCUT2D eigenvalue weighted by atomic mass is 32.2. The van der Waals surface area contributed by atoms with Crippen LogP contribution >= 0.6 is 11.8 Å². The predicted octanol–water partition coefficient (Wildman–Crippen LogP) is 3.16. The molecule has 0 heterocycles. The molecule has 1 aromatic rings. The summed E-state index contributed by atoms with van der Waals surface area (Å²) < 4.78 is 5.19. The molecule has 0 spiro atoms. The Bertz CT molecular complexity index is 403. The maximum atomic E-state index is 9.84. The lowest BCUT2D eigenvalue weighted by atomic mass is 9.95. The third kappa shape index (κ3) is 4.05. The van der Waals surface area contributed by atoms with Crippen molar-refractivity contribution in [3.05, 3.63) is 23.8 Å². The predicted molar refractivity (Wildman–Crippen MR) is 81.1 cm³/mol. The van der Waals surface area contributed by atoms with E-state index in [0.717, 1.165) is 16.6 Å². The largest absolute Gasteiger partial charge is 0.508 e. The Hall–Kier alpha value is -0.870. The highest BCUT2D eigenvalue weighted by molar-refractivity contribution is 7.99. The first-order chi connectivity index (χ1) is 9.22. The van der Waals surface area contributed by atoms with Crippen LogP contribution in [-0.2, 0) is 6.54 Å². The zero-order valence-corrected chi connectivity index (χ0v) is 12.5. The van der Waals surface area contributed by atoms with E-state index in [1.807, 2.05) is 17.8 Å². The van der Waals surface area contributed by atoms with Gasteiger partial charge in [0.2, 0.25) is 0 Å². The molecule has 0 bridgehead atoms. The number of benzene rings is 1. The zero-order chi connectivity index (χ0) is 13.7. The van der Waals surface area contributed by atoms with Crippen molar-refractivity contribution in [1.29, 1.82) is 0 Å². The van der Waals surface area contributed by atoms with Gasteiger partial charge in [0.15, 0.2) is 0 Å². The molecule has 3 nitrogen and oxygen atoms in total. The highest BCUT2D eigenvalue weighted by Crippen LogP contribution is 2.28. The van der Waals surface area contributed by atoms with Crippen molar-refractivity contribution >= 4 is 11.8 Å². The summed E-state index contributed by atoms with van der Waals surface area (Å²) in [6.45, 7) is 0.706. The fourth-order valence-corrected chi connectivity index (χ4v) is 3.33. The first-order valence-corrected chi connectivity index (χ1v) is 8.13. The maximum Gasteiger partial charge on any atom is 0.120 e. The van der Waals surface area contributed by atoms with E-state index in [-0.39, 0.29) is 0 Å². The van der Waals surface area contributed by atoms with Crippen LogP contribution < -0.4 is 10.1 Å². The molecular weight excluding hydrogens is 258 g/mol. The van der Waals surface area contributed by atoms with E-state index in [9.17, 15) is 5.11 Å². The van der Waals surface area contributed by atoms with E-state index in [2.05, 4.69) is 11.6 Å². The van der Waals surface area contributed by atoms with E-state index in [0.29, 0.717) is 18.3 Å². The van der Waals surface area contributed by atoms with Gasteiger partial charge in [0, 0.05) is 23.4 Å². The van der Waals surface area contributed by atoms with E-state index in [4.69, 9.17) is 4.74 Å². The molecule has 0 radical (unpaired) electrons. The minimum atomic E-state index is 0.339. The molecule has 1 aliphatic rings. The number of thioether (sulfide) groups is 1. The number of rotatable bonds is 5. The number of aromatic hydroxyl groups is 1. The number of methoxy groups -OCH3 is 1. The molecule has 0 saturated heterocycles. The quantitative estimate of drug-likeness (QED) is 0.870. The summed E-state index contributed by atoms with van der Waals surface area (Å²) in [5.41, 5.74) is 0.909. The lowest BCUT2D eigenvalue weighted by Gasteiger charge is -2.28. The summed E-state index contributed by atoms with van der Waals surface area (Å²) >= 11 is 1.99. The lowest BCUT2D eigenvalue weighted by Crippen LogP contribution is -2.33. The Morgan fingerprint density at radius 1 is 1.32 bits per heavy atom. The van der Waals surface area contributed by atoms with Crippen molar-refractivity contribution in [3.8, 4) is 11.5 Å². The molecule has 106 valence electrons. The van der Waals surface area contributed by atoms with Gasteiger partial charge in [-0.2, -0.15) is 11.8 Å². The number of nitrogens with one attached hydrogen (secondary N) is 1. The van der Waals surface area contributed by atoms with Crippen LogP contribution in [0.4, 0.5) is 0 Å². The van der Waals surface area contributed by atoms with Gasteiger partial charge < -0.3 is 15.2 Å². The normalized spacial score (nSPS) is 23.3. The molecule has 0 amide bonds. The summed E-state index contributed by atoms with van der Waals surface area (Å²) in [6.07, 6.45) is 7.25. The van der Waals surface area contributed by atoms with E-state index in [1.165, 1.54) is 25.7 Å². The van der Waals surface area contributed by atoms with Crippen LogP contribution in [0.5, 0.6) is 11.5 Å². The first kappa shape index (κ1) is 14.5. The highest BCUT2D eigenvalue weighted by Gasteiger charge is 2.20. The van der Waals surface area contributed by atoms with Crippen LogP contribution in [0.3, 0.4) is 0 Å². The van der Waals surface area contributed by atoms with E-state index >= 15 is 0 Å². The molecule has 1 saturated carbocycles. The van der Waals surface area contributed by atoms with E-state index < -0.39 is 0 Å². The number of phenols is 1. The Kier molecular flexibility index (Phi) is 5.40. The minimum Gasteiger partial charge on any atom is -0.508 e. The van der Waals surface area contributed by atoms with Crippen molar-refractivity contribution in [2.75, 3.05) is 13.4 Å². The third-order valence-corrected chi connectivity index (χ3v) is 5.01. The van der Waals surface area contributed by atoms with Crippen LogP contribution in [-0.4, -0.2) is 29.8 Å². The van der Waals surface area contributed by atoms with Crippen LogP contribution in [0.1, 0.15) is 31.2 Å². The minimum absolute atomic E-state index is 0.339. The average Bonchev–Trinajstić information content (AvgIpc) is 2.47. The molecular formula is C15H23NO2S. The molecule has 1 aliphatic carbocycles. The van der Waals surface area contributed by atoms with Crippen LogP contribution in [0.15, 0.2) is 18.2 Å². The molecule has 4 heteroatoms. The van der Waals surface area contributed by atoms with E-state index in [1.54, 1.807) is 19.2 Å². The second kappa shape index (κ2) is 7.06. The van der Waals surface area contributed by atoms with Gasteiger partial charge in [-0.1, -0.05) is 0 Å². The van der Waals surface area contributed by atoms with Gasteiger partial charge in [-0.3, -0.25) is 0 Å². The maximum absolute atomic E-state index is 9.84. The molecule has 1 aromatic carbocycles. The van der Waals surface area contributed by atoms with Crippen molar-refractivity contribution in [3.63, 3.8) is 0 Å². The van der Waals surface area contributed by atoms with Crippen LogP contribution in [0.2, 0.25) is 0 Å². The molecule has 2 rings (SSSR count). The lowest BCUT2D eigenvalue weighted by molar-refractivity contribution is 0.373. The van der Waals surface area contributed by atoms with Gasteiger partial charge in [-0.25, -0.2) is 0 Å². The third-order valence-electron chi connectivity index (χ3n) is 3.88. The number of ether oxygens (including phenoxy) is 1. The summed E-state index contributed by atoms with van der Waals surface area (Å²) in [5, 5.41) is 14.2. The van der Waals surface area contributed by atoms with Crippen molar-refractivity contribution in [2.24, 2.45) is 0 Å². The van der Waals surface area contributed by atoms with Crippen LogP contribution in [0, 0.1) is 0 Å². The molecule has 0 aliphatic heterocycles. The van der Waals surface area contributed by atoms with Crippen molar-refractivity contribution in [2.45, 2.75) is 43.5 Å². The van der Waals surface area contributed by atoms with Crippen LogP contribution in [0.25, 0.3) is 0 Å². The van der Waals surface area contributed by atoms with Gasteiger partial charge in [-0.15, -0.1) is 0 Å².